The molecular formula is C32H56O6. The smallest absolute Gasteiger partial charge is 0.119 e. The van der Waals surface area contributed by atoms with E-state index < -0.39 is 0 Å². The first-order valence-corrected chi connectivity index (χ1v) is 15.0. The Labute approximate surface area is 232 Å². The first kappa shape index (κ1) is 33.0. The van der Waals surface area contributed by atoms with E-state index in [9.17, 15) is 0 Å². The summed E-state index contributed by atoms with van der Waals surface area (Å²) in [5.41, 5.74) is 0.763. The summed E-state index contributed by atoms with van der Waals surface area (Å²) in [5, 5.41) is 8.76. The molecule has 1 aromatic carbocycles. The molecule has 0 amide bonds. The number of hydrogen-bond acceptors (Lipinski definition) is 6. The van der Waals surface area contributed by atoms with Gasteiger partial charge in [-0.1, -0.05) is 72.1 Å². The maximum Gasteiger partial charge on any atom is 0.119 e. The highest BCUT2D eigenvalue weighted by molar-refractivity contribution is 5.21. The number of unbranched alkanes of at least 4 members (excludes halogenated alkanes) is 1. The quantitative estimate of drug-likeness (QED) is 0.274. The molecule has 3 aliphatic rings. The van der Waals surface area contributed by atoms with E-state index in [0.29, 0.717) is 5.41 Å². The van der Waals surface area contributed by atoms with Crippen molar-refractivity contribution in [3.05, 3.63) is 30.3 Å². The molecule has 1 aromatic rings. The van der Waals surface area contributed by atoms with Crippen LogP contribution in [0.2, 0.25) is 0 Å². The highest BCUT2D eigenvalue weighted by Gasteiger charge is 2.38. The monoisotopic (exact) mass is 536 g/mol. The van der Waals surface area contributed by atoms with Crippen LogP contribution in [-0.2, 0) is 18.9 Å². The van der Waals surface area contributed by atoms with Gasteiger partial charge in [-0.05, 0) is 43.7 Å². The van der Waals surface area contributed by atoms with Gasteiger partial charge in [-0.3, -0.25) is 0 Å². The lowest BCUT2D eigenvalue weighted by Gasteiger charge is -2.40. The summed E-state index contributed by atoms with van der Waals surface area (Å²) in [6, 6.07) is 9.96. The van der Waals surface area contributed by atoms with Gasteiger partial charge in [0, 0.05) is 17.4 Å². The normalized spacial score (nSPS) is 20.7. The molecule has 3 fully saturated rings. The van der Waals surface area contributed by atoms with Crippen molar-refractivity contribution in [1.82, 2.24) is 0 Å². The minimum atomic E-state index is 0.139. The van der Waals surface area contributed by atoms with Gasteiger partial charge in [0.05, 0.1) is 64.9 Å². The van der Waals surface area contributed by atoms with Gasteiger partial charge in [-0.25, -0.2) is 0 Å². The Balaban J connectivity index is 0.000000210. The third-order valence-electron chi connectivity index (χ3n) is 8.63. The van der Waals surface area contributed by atoms with Crippen LogP contribution in [0.25, 0.3) is 0 Å². The molecule has 3 aliphatic heterocycles. The van der Waals surface area contributed by atoms with Crippen LogP contribution < -0.4 is 4.74 Å². The van der Waals surface area contributed by atoms with Crippen LogP contribution in [-0.4, -0.2) is 71.2 Å². The second kappa shape index (κ2) is 17.5. The SMILES string of the molecule is CCC1(CO)COC1.CCC1(COc2ccccc2)COC1.CCCCC(CC)COCC1(CC)COC1. The van der Waals surface area contributed by atoms with Gasteiger partial charge in [0.15, 0.2) is 0 Å². The maximum absolute atomic E-state index is 8.76. The second-order valence-corrected chi connectivity index (χ2v) is 11.7. The molecule has 0 saturated carbocycles. The predicted molar refractivity (Wildman–Crippen MR) is 154 cm³/mol. The summed E-state index contributed by atoms with van der Waals surface area (Å²) >= 11 is 0. The van der Waals surface area contributed by atoms with Gasteiger partial charge in [0.1, 0.15) is 5.75 Å². The average molecular weight is 537 g/mol. The Bertz CT molecular complexity index is 687. The molecule has 38 heavy (non-hydrogen) atoms. The lowest BCUT2D eigenvalue weighted by molar-refractivity contribution is -0.152. The van der Waals surface area contributed by atoms with Gasteiger partial charge >= 0.3 is 0 Å². The van der Waals surface area contributed by atoms with Crippen molar-refractivity contribution in [2.75, 3.05) is 66.1 Å². The zero-order chi connectivity index (χ0) is 27.7. The molecule has 6 nitrogen and oxygen atoms in total. The fourth-order valence-electron chi connectivity index (χ4n) is 4.45. The highest BCUT2D eigenvalue weighted by atomic mass is 16.5. The number of para-hydroxylation sites is 1. The van der Waals surface area contributed by atoms with Crippen molar-refractivity contribution >= 4 is 0 Å². The standard InChI is InChI=1S/C14H28O2.C12H16O2.C6H12O2/c1-4-7-8-13(5-2)9-15-10-14(6-3)11-16-12-14;1-2-12(8-13-9-12)10-14-11-6-4-3-5-7-11;1-2-6(3-7)4-8-5-6/h13H,4-12H2,1-3H3;3-7H,2,8-10H2,1H3;7H,2-5H2,1H3. The Hall–Kier alpha value is -1.18. The van der Waals surface area contributed by atoms with Gasteiger partial charge in [0.25, 0.3) is 0 Å². The molecular weight excluding hydrogens is 480 g/mol. The average Bonchev–Trinajstić information content (AvgIpc) is 2.89. The topological polar surface area (TPSA) is 66.4 Å². The summed E-state index contributed by atoms with van der Waals surface area (Å²) in [6.45, 7) is 18.9. The largest absolute Gasteiger partial charge is 0.493 e. The Kier molecular flexibility index (Phi) is 15.2. The molecule has 0 spiro atoms. The van der Waals surface area contributed by atoms with E-state index in [1.54, 1.807) is 0 Å². The van der Waals surface area contributed by atoms with Gasteiger partial charge in [0.2, 0.25) is 0 Å². The molecule has 220 valence electrons. The number of ether oxygens (including phenoxy) is 5. The van der Waals surface area contributed by atoms with Crippen LogP contribution in [0.1, 0.15) is 79.6 Å². The van der Waals surface area contributed by atoms with Crippen molar-refractivity contribution in [3.8, 4) is 5.75 Å². The van der Waals surface area contributed by atoms with E-state index in [4.69, 9.17) is 28.8 Å². The van der Waals surface area contributed by atoms with Gasteiger partial charge in [-0.15, -0.1) is 0 Å². The molecule has 0 aliphatic carbocycles. The van der Waals surface area contributed by atoms with E-state index in [0.717, 1.165) is 84.0 Å². The van der Waals surface area contributed by atoms with Crippen LogP contribution in [0, 0.1) is 22.2 Å². The lowest BCUT2D eigenvalue weighted by atomic mass is 9.84. The minimum absolute atomic E-state index is 0.139. The highest BCUT2D eigenvalue weighted by Crippen LogP contribution is 2.33. The van der Waals surface area contributed by atoms with E-state index in [-0.39, 0.29) is 17.4 Å². The van der Waals surface area contributed by atoms with E-state index in [1.165, 1.54) is 32.1 Å². The zero-order valence-electron chi connectivity index (χ0n) is 25.0. The summed E-state index contributed by atoms with van der Waals surface area (Å²) in [5.74, 6) is 1.71. The third kappa shape index (κ3) is 10.4. The minimum Gasteiger partial charge on any atom is -0.493 e. The van der Waals surface area contributed by atoms with Crippen molar-refractivity contribution in [1.29, 1.82) is 0 Å². The lowest BCUT2D eigenvalue weighted by Crippen LogP contribution is -2.46. The van der Waals surface area contributed by atoms with Crippen LogP contribution in [0.3, 0.4) is 0 Å². The third-order valence-corrected chi connectivity index (χ3v) is 8.63. The number of rotatable bonds is 15. The summed E-state index contributed by atoms with van der Waals surface area (Å²) in [7, 11) is 0. The number of aliphatic hydroxyl groups excluding tert-OH is 1. The summed E-state index contributed by atoms with van der Waals surface area (Å²) in [6.07, 6.45) is 8.54. The molecule has 1 atom stereocenters. The molecule has 4 rings (SSSR count). The molecule has 0 aromatic heterocycles. The van der Waals surface area contributed by atoms with E-state index >= 15 is 0 Å². The molecule has 1 unspecified atom stereocenters. The van der Waals surface area contributed by atoms with E-state index in [1.807, 2.05) is 30.3 Å². The number of benzene rings is 1. The fourth-order valence-corrected chi connectivity index (χ4v) is 4.45. The van der Waals surface area contributed by atoms with Gasteiger partial charge < -0.3 is 28.8 Å². The maximum atomic E-state index is 8.76. The fraction of sp³-hybridized carbons (Fsp3) is 0.812. The predicted octanol–water partition coefficient (Wildman–Crippen LogP) is 6.54. The zero-order valence-corrected chi connectivity index (χ0v) is 25.0. The number of aliphatic hydroxyl groups is 1. The van der Waals surface area contributed by atoms with Crippen molar-refractivity contribution in [2.45, 2.75) is 79.6 Å². The molecule has 0 radical (unpaired) electrons. The molecule has 1 N–H and O–H groups in total. The summed E-state index contributed by atoms with van der Waals surface area (Å²) in [4.78, 5) is 0. The van der Waals surface area contributed by atoms with Crippen LogP contribution in [0.4, 0.5) is 0 Å². The van der Waals surface area contributed by atoms with Crippen molar-refractivity contribution in [2.24, 2.45) is 22.2 Å². The second-order valence-electron chi connectivity index (χ2n) is 11.7. The first-order chi connectivity index (χ1) is 18.4. The molecule has 3 saturated heterocycles. The molecule has 3 heterocycles. The van der Waals surface area contributed by atoms with Gasteiger partial charge in [-0.2, -0.15) is 0 Å². The Morgan fingerprint density at radius 2 is 1.29 bits per heavy atom. The van der Waals surface area contributed by atoms with Crippen LogP contribution in [0.15, 0.2) is 30.3 Å². The van der Waals surface area contributed by atoms with Crippen molar-refractivity contribution in [3.63, 3.8) is 0 Å². The number of hydrogen-bond donors (Lipinski definition) is 1. The Morgan fingerprint density at radius 1 is 0.763 bits per heavy atom. The first-order valence-electron chi connectivity index (χ1n) is 15.0. The molecule has 6 heteroatoms. The Morgan fingerprint density at radius 3 is 1.66 bits per heavy atom. The van der Waals surface area contributed by atoms with Crippen LogP contribution >= 0.6 is 0 Å². The molecule has 0 bridgehead atoms. The van der Waals surface area contributed by atoms with Crippen molar-refractivity contribution < 1.29 is 28.8 Å². The summed E-state index contributed by atoms with van der Waals surface area (Å²) < 4.78 is 27.1. The van der Waals surface area contributed by atoms with E-state index in [2.05, 4.69) is 34.6 Å². The van der Waals surface area contributed by atoms with Crippen LogP contribution in [0.5, 0.6) is 5.75 Å².